The molecule has 0 aromatic carbocycles. The number of hydrogen-bond acceptors (Lipinski definition) is 5. The molecule has 5 nitrogen and oxygen atoms in total. The number of rotatable bonds is 3. The van der Waals surface area contributed by atoms with Crippen molar-refractivity contribution in [2.45, 2.75) is 19.4 Å². The zero-order valence-corrected chi connectivity index (χ0v) is 9.55. The van der Waals surface area contributed by atoms with E-state index in [4.69, 9.17) is 0 Å². The molecule has 1 amide bonds. The topological polar surface area (TPSA) is 68.3 Å². The zero-order valence-electron chi connectivity index (χ0n) is 8.73. The molecule has 0 saturated heterocycles. The fourth-order valence-corrected chi connectivity index (χ4v) is 1.51. The molecule has 1 rings (SSSR count). The van der Waals surface area contributed by atoms with Crippen molar-refractivity contribution in [3.8, 4) is 0 Å². The van der Waals surface area contributed by atoms with Gasteiger partial charge in [0, 0.05) is 5.38 Å². The van der Waals surface area contributed by atoms with Crippen molar-refractivity contribution in [1.82, 2.24) is 10.3 Å². The summed E-state index contributed by atoms with van der Waals surface area (Å²) in [5.41, 5.74) is 0.812. The summed E-state index contributed by atoms with van der Waals surface area (Å²) in [5.74, 6) is -0.877. The molecule has 6 heteroatoms. The average Bonchev–Trinajstić information content (AvgIpc) is 2.68. The van der Waals surface area contributed by atoms with Gasteiger partial charge in [-0.3, -0.25) is 4.79 Å². The number of methoxy groups -OCH3 is 1. The van der Waals surface area contributed by atoms with Gasteiger partial charge >= 0.3 is 5.97 Å². The van der Waals surface area contributed by atoms with Gasteiger partial charge < -0.3 is 10.1 Å². The quantitative estimate of drug-likeness (QED) is 0.778. The van der Waals surface area contributed by atoms with E-state index in [0.717, 1.165) is 0 Å². The molecule has 1 heterocycles. The molecule has 0 bridgehead atoms. The lowest BCUT2D eigenvalue weighted by molar-refractivity contribution is -0.146. The minimum Gasteiger partial charge on any atom is -0.467 e. The Bertz CT molecular complexity index is 359. The Morgan fingerprint density at radius 1 is 1.53 bits per heavy atom. The predicted molar refractivity (Wildman–Crippen MR) is 55.7 cm³/mol. The van der Waals surface area contributed by atoms with Crippen LogP contribution < -0.4 is 5.32 Å². The van der Waals surface area contributed by atoms with E-state index in [1.807, 2.05) is 0 Å². The second-order valence-electron chi connectivity index (χ2n) is 3.44. The third-order valence-corrected chi connectivity index (χ3v) is 2.37. The van der Waals surface area contributed by atoms with E-state index in [9.17, 15) is 9.59 Å². The van der Waals surface area contributed by atoms with E-state index in [1.165, 1.54) is 18.4 Å². The van der Waals surface area contributed by atoms with Gasteiger partial charge in [0.15, 0.2) is 0 Å². The van der Waals surface area contributed by atoms with Crippen LogP contribution in [0.5, 0.6) is 0 Å². The molecule has 0 saturated carbocycles. The van der Waals surface area contributed by atoms with Gasteiger partial charge in [0.1, 0.15) is 11.2 Å². The largest absolute Gasteiger partial charge is 0.467 e. The maximum atomic E-state index is 11.6. The first-order chi connectivity index (χ1) is 6.97. The van der Waals surface area contributed by atoms with E-state index >= 15 is 0 Å². The van der Waals surface area contributed by atoms with Crippen LogP contribution >= 0.6 is 11.3 Å². The standard InChI is InChI=1S/C9H12N2O3S/c1-9(2,8(13)14-3)11-7(12)6-4-15-5-10-6/h4-5H,1-3H3,(H,11,12). The molecular weight excluding hydrogens is 216 g/mol. The summed E-state index contributed by atoms with van der Waals surface area (Å²) in [6.07, 6.45) is 0. The van der Waals surface area contributed by atoms with Crippen LogP contribution in [0.2, 0.25) is 0 Å². The van der Waals surface area contributed by atoms with Gasteiger partial charge in [-0.15, -0.1) is 11.3 Å². The van der Waals surface area contributed by atoms with Crippen molar-refractivity contribution in [1.29, 1.82) is 0 Å². The molecule has 1 aromatic rings. The molecule has 0 aliphatic rings. The highest BCUT2D eigenvalue weighted by molar-refractivity contribution is 7.07. The Balaban J connectivity index is 2.70. The highest BCUT2D eigenvalue weighted by atomic mass is 32.1. The molecule has 0 aliphatic heterocycles. The molecule has 0 fully saturated rings. The molecule has 0 aliphatic carbocycles. The van der Waals surface area contributed by atoms with Crippen LogP contribution in [-0.2, 0) is 9.53 Å². The van der Waals surface area contributed by atoms with Gasteiger partial charge in [0.2, 0.25) is 0 Å². The smallest absolute Gasteiger partial charge is 0.330 e. The predicted octanol–water partition coefficient (Wildman–Crippen LogP) is 0.824. The van der Waals surface area contributed by atoms with Crippen LogP contribution in [0.1, 0.15) is 24.3 Å². The molecule has 1 N–H and O–H groups in total. The Kier molecular flexibility index (Phi) is 3.41. The number of esters is 1. The normalized spacial score (nSPS) is 10.9. The first-order valence-corrected chi connectivity index (χ1v) is 5.21. The van der Waals surface area contributed by atoms with Crippen LogP contribution in [0.25, 0.3) is 0 Å². The average molecular weight is 228 g/mol. The first-order valence-electron chi connectivity index (χ1n) is 4.26. The van der Waals surface area contributed by atoms with Gasteiger partial charge in [-0.2, -0.15) is 0 Å². The Morgan fingerprint density at radius 3 is 2.67 bits per heavy atom. The van der Waals surface area contributed by atoms with E-state index < -0.39 is 11.5 Å². The van der Waals surface area contributed by atoms with Crippen molar-refractivity contribution in [3.05, 3.63) is 16.6 Å². The zero-order chi connectivity index (χ0) is 11.5. The number of thiazole rings is 1. The Labute approximate surface area is 91.5 Å². The maximum absolute atomic E-state index is 11.6. The van der Waals surface area contributed by atoms with Gasteiger partial charge in [-0.05, 0) is 13.8 Å². The molecule has 1 aromatic heterocycles. The summed E-state index contributed by atoms with van der Waals surface area (Å²) in [7, 11) is 1.28. The van der Waals surface area contributed by atoms with Crippen molar-refractivity contribution in [3.63, 3.8) is 0 Å². The van der Waals surface area contributed by atoms with Crippen molar-refractivity contribution < 1.29 is 14.3 Å². The Morgan fingerprint density at radius 2 is 2.20 bits per heavy atom. The highest BCUT2D eigenvalue weighted by Crippen LogP contribution is 2.07. The van der Waals surface area contributed by atoms with Crippen LogP contribution in [0, 0.1) is 0 Å². The van der Waals surface area contributed by atoms with Crippen LogP contribution in [0.15, 0.2) is 10.9 Å². The second-order valence-corrected chi connectivity index (χ2v) is 4.16. The fourth-order valence-electron chi connectivity index (χ4n) is 0.979. The number of nitrogens with zero attached hydrogens (tertiary/aromatic N) is 1. The first kappa shape index (κ1) is 11.6. The van der Waals surface area contributed by atoms with Crippen molar-refractivity contribution in [2.75, 3.05) is 7.11 Å². The number of hydrogen-bond donors (Lipinski definition) is 1. The van der Waals surface area contributed by atoms with Crippen LogP contribution in [0.4, 0.5) is 0 Å². The number of ether oxygens (including phenoxy) is 1. The lowest BCUT2D eigenvalue weighted by Crippen LogP contribution is -2.50. The van der Waals surface area contributed by atoms with E-state index in [0.29, 0.717) is 5.69 Å². The number of nitrogens with one attached hydrogen (secondary N) is 1. The lowest BCUT2D eigenvalue weighted by atomic mass is 10.1. The maximum Gasteiger partial charge on any atom is 0.330 e. The second kappa shape index (κ2) is 4.39. The molecule has 0 spiro atoms. The van der Waals surface area contributed by atoms with E-state index in [-0.39, 0.29) is 5.91 Å². The van der Waals surface area contributed by atoms with Crippen LogP contribution in [-0.4, -0.2) is 29.5 Å². The van der Waals surface area contributed by atoms with E-state index in [1.54, 1.807) is 24.7 Å². The molecule has 15 heavy (non-hydrogen) atoms. The molecule has 0 radical (unpaired) electrons. The summed E-state index contributed by atoms with van der Waals surface area (Å²) in [5, 5.41) is 4.15. The minimum absolute atomic E-state index is 0.303. The summed E-state index contributed by atoms with van der Waals surface area (Å²) in [6, 6.07) is 0. The lowest BCUT2D eigenvalue weighted by Gasteiger charge is -2.22. The third-order valence-electron chi connectivity index (χ3n) is 1.79. The number of amides is 1. The SMILES string of the molecule is COC(=O)C(C)(C)NC(=O)c1cscn1. The van der Waals surface area contributed by atoms with Crippen molar-refractivity contribution in [2.24, 2.45) is 0 Å². The van der Waals surface area contributed by atoms with Gasteiger partial charge in [-0.1, -0.05) is 0 Å². The highest BCUT2D eigenvalue weighted by Gasteiger charge is 2.31. The number of carbonyl (C=O) groups excluding carboxylic acids is 2. The summed E-state index contributed by atoms with van der Waals surface area (Å²) in [6.45, 7) is 3.15. The molecular formula is C9H12N2O3S. The third kappa shape index (κ3) is 2.76. The molecule has 0 atom stereocenters. The monoisotopic (exact) mass is 228 g/mol. The van der Waals surface area contributed by atoms with Gasteiger partial charge in [0.05, 0.1) is 12.6 Å². The Hall–Kier alpha value is -1.43. The summed E-state index contributed by atoms with van der Waals surface area (Å²) >= 11 is 1.32. The van der Waals surface area contributed by atoms with Crippen LogP contribution in [0.3, 0.4) is 0 Å². The van der Waals surface area contributed by atoms with Gasteiger partial charge in [-0.25, -0.2) is 9.78 Å². The van der Waals surface area contributed by atoms with Gasteiger partial charge in [0.25, 0.3) is 5.91 Å². The van der Waals surface area contributed by atoms with Crippen molar-refractivity contribution >= 4 is 23.2 Å². The molecule has 82 valence electrons. The molecule has 0 unspecified atom stereocenters. The number of aromatic nitrogens is 1. The minimum atomic E-state index is -1.05. The number of carbonyl (C=O) groups is 2. The van der Waals surface area contributed by atoms with E-state index in [2.05, 4.69) is 15.0 Å². The summed E-state index contributed by atoms with van der Waals surface area (Å²) < 4.78 is 4.56. The fraction of sp³-hybridized carbons (Fsp3) is 0.444. The summed E-state index contributed by atoms with van der Waals surface area (Å²) in [4.78, 5) is 26.7.